The summed E-state index contributed by atoms with van der Waals surface area (Å²) in [6.45, 7) is 4.16. The fraction of sp³-hybridized carbons (Fsp3) is 0.357. The third-order valence-electron chi connectivity index (χ3n) is 2.93. The van der Waals surface area contributed by atoms with Gasteiger partial charge in [-0.25, -0.2) is 4.98 Å². The summed E-state index contributed by atoms with van der Waals surface area (Å²) in [7, 11) is 0. The first-order chi connectivity index (χ1) is 9.20. The molecule has 2 aromatic heterocycles. The van der Waals surface area contributed by atoms with Crippen LogP contribution in [0.5, 0.6) is 0 Å². The Hall–Kier alpha value is -2.01. The number of aliphatic hydroxyl groups excluding tert-OH is 1. The predicted molar refractivity (Wildman–Crippen MR) is 74.6 cm³/mol. The van der Waals surface area contributed by atoms with E-state index in [4.69, 9.17) is 0 Å². The summed E-state index contributed by atoms with van der Waals surface area (Å²) in [5.74, 6) is 0.975. The van der Waals surface area contributed by atoms with E-state index in [1.807, 2.05) is 26.0 Å². The van der Waals surface area contributed by atoms with Crippen molar-refractivity contribution in [1.29, 1.82) is 0 Å². The third kappa shape index (κ3) is 3.48. The highest BCUT2D eigenvalue weighted by molar-refractivity contribution is 5.58. The minimum Gasteiger partial charge on any atom is -0.394 e. The second-order valence-corrected chi connectivity index (χ2v) is 4.71. The molecule has 0 saturated carbocycles. The van der Waals surface area contributed by atoms with Crippen LogP contribution in [0.2, 0.25) is 0 Å². The molecule has 0 aliphatic rings. The molecule has 19 heavy (non-hydrogen) atoms. The summed E-state index contributed by atoms with van der Waals surface area (Å²) < 4.78 is 0. The molecule has 2 aromatic rings. The highest BCUT2D eigenvalue weighted by Crippen LogP contribution is 2.17. The van der Waals surface area contributed by atoms with Gasteiger partial charge in [-0.3, -0.25) is 9.97 Å². The van der Waals surface area contributed by atoms with Crippen LogP contribution >= 0.6 is 0 Å². The van der Waals surface area contributed by atoms with Crippen molar-refractivity contribution in [3.05, 3.63) is 36.9 Å². The number of hydrogen-bond acceptors (Lipinski definition) is 5. The lowest BCUT2D eigenvalue weighted by molar-refractivity contribution is 0.249. The first-order valence-corrected chi connectivity index (χ1v) is 6.30. The van der Waals surface area contributed by atoms with E-state index in [0.29, 0.717) is 11.7 Å². The molecule has 100 valence electrons. The number of nitrogens with one attached hydrogen (secondary N) is 1. The Bertz CT molecular complexity index is 516. The summed E-state index contributed by atoms with van der Waals surface area (Å²) in [4.78, 5) is 12.7. The fourth-order valence-corrected chi connectivity index (χ4v) is 1.70. The number of aromatic nitrogens is 3. The van der Waals surface area contributed by atoms with Crippen LogP contribution < -0.4 is 5.32 Å². The van der Waals surface area contributed by atoms with Gasteiger partial charge in [0.2, 0.25) is 0 Å². The molecule has 5 nitrogen and oxygen atoms in total. The van der Waals surface area contributed by atoms with Gasteiger partial charge in [-0.05, 0) is 18.1 Å². The van der Waals surface area contributed by atoms with Crippen molar-refractivity contribution < 1.29 is 5.11 Å². The number of nitrogens with zero attached hydrogens (tertiary/aromatic N) is 3. The number of aliphatic hydroxyl groups is 1. The Morgan fingerprint density at radius 1 is 1.21 bits per heavy atom. The molecule has 0 unspecified atom stereocenters. The van der Waals surface area contributed by atoms with Crippen LogP contribution in [0.25, 0.3) is 11.3 Å². The summed E-state index contributed by atoms with van der Waals surface area (Å²) in [5.41, 5.74) is 1.68. The molecule has 2 N–H and O–H groups in total. The summed E-state index contributed by atoms with van der Waals surface area (Å²) in [6, 6.07) is 3.77. The van der Waals surface area contributed by atoms with Gasteiger partial charge in [-0.1, -0.05) is 13.8 Å². The van der Waals surface area contributed by atoms with Crippen molar-refractivity contribution >= 4 is 5.82 Å². The molecule has 0 saturated heterocycles. The monoisotopic (exact) mass is 258 g/mol. The molecular formula is C14H18N4O. The average Bonchev–Trinajstić information content (AvgIpc) is 2.45. The molecule has 0 radical (unpaired) electrons. The molecular weight excluding hydrogens is 240 g/mol. The van der Waals surface area contributed by atoms with Crippen LogP contribution in [0.1, 0.15) is 13.8 Å². The maximum Gasteiger partial charge on any atom is 0.145 e. The van der Waals surface area contributed by atoms with E-state index in [9.17, 15) is 5.11 Å². The zero-order valence-corrected chi connectivity index (χ0v) is 11.1. The second kappa shape index (κ2) is 6.24. The lowest BCUT2D eigenvalue weighted by Crippen LogP contribution is -2.29. The molecule has 0 aliphatic heterocycles. The molecule has 0 amide bonds. The lowest BCUT2D eigenvalue weighted by Gasteiger charge is -2.20. The Morgan fingerprint density at radius 2 is 2.05 bits per heavy atom. The van der Waals surface area contributed by atoms with Crippen molar-refractivity contribution in [2.75, 3.05) is 11.9 Å². The molecule has 0 bridgehead atoms. The highest BCUT2D eigenvalue weighted by Gasteiger charge is 2.12. The Morgan fingerprint density at radius 3 is 2.68 bits per heavy atom. The van der Waals surface area contributed by atoms with E-state index < -0.39 is 0 Å². The Kier molecular flexibility index (Phi) is 4.41. The largest absolute Gasteiger partial charge is 0.394 e. The second-order valence-electron chi connectivity index (χ2n) is 4.71. The minimum absolute atomic E-state index is 0.0292. The quantitative estimate of drug-likeness (QED) is 0.858. The van der Waals surface area contributed by atoms with E-state index in [-0.39, 0.29) is 12.6 Å². The van der Waals surface area contributed by atoms with Crippen LogP contribution in [-0.4, -0.2) is 32.7 Å². The smallest absolute Gasteiger partial charge is 0.145 e. The first kappa shape index (κ1) is 13.4. The SMILES string of the molecule is CC(C)[C@@H](CO)Nc1cncc(-c2cccnc2)n1. The summed E-state index contributed by atoms with van der Waals surface area (Å²) >= 11 is 0. The van der Waals surface area contributed by atoms with Crippen LogP contribution in [0, 0.1) is 5.92 Å². The first-order valence-electron chi connectivity index (χ1n) is 6.30. The van der Waals surface area contributed by atoms with Crippen molar-refractivity contribution in [3.8, 4) is 11.3 Å². The maximum absolute atomic E-state index is 9.32. The van der Waals surface area contributed by atoms with Gasteiger partial charge in [0.15, 0.2) is 0 Å². The van der Waals surface area contributed by atoms with Crippen molar-refractivity contribution in [2.45, 2.75) is 19.9 Å². The number of rotatable bonds is 5. The standard InChI is InChI=1S/C14H18N4O/c1-10(2)13(9-19)18-14-8-16-7-12(17-14)11-4-3-5-15-6-11/h3-8,10,13,19H,9H2,1-2H3,(H,17,18)/t13-/m1/s1. The van der Waals surface area contributed by atoms with Gasteiger partial charge in [0.05, 0.1) is 30.7 Å². The average molecular weight is 258 g/mol. The molecule has 5 heteroatoms. The molecule has 0 fully saturated rings. The van der Waals surface area contributed by atoms with Crippen LogP contribution in [0.15, 0.2) is 36.9 Å². The van der Waals surface area contributed by atoms with Crippen LogP contribution in [-0.2, 0) is 0 Å². The number of pyridine rings is 1. The topological polar surface area (TPSA) is 70.9 Å². The van der Waals surface area contributed by atoms with Gasteiger partial charge < -0.3 is 10.4 Å². The lowest BCUT2D eigenvalue weighted by atomic mass is 10.1. The van der Waals surface area contributed by atoms with Gasteiger partial charge in [-0.2, -0.15) is 0 Å². The van der Waals surface area contributed by atoms with E-state index in [0.717, 1.165) is 11.3 Å². The number of anilines is 1. The Labute approximate surface area is 112 Å². The van der Waals surface area contributed by atoms with Crippen molar-refractivity contribution in [2.24, 2.45) is 5.92 Å². The van der Waals surface area contributed by atoms with Gasteiger partial charge in [0.1, 0.15) is 5.82 Å². The van der Waals surface area contributed by atoms with E-state index in [2.05, 4.69) is 20.3 Å². The highest BCUT2D eigenvalue weighted by atomic mass is 16.3. The van der Waals surface area contributed by atoms with Gasteiger partial charge in [-0.15, -0.1) is 0 Å². The predicted octanol–water partition coefficient (Wildman–Crippen LogP) is 1.97. The molecule has 1 atom stereocenters. The van der Waals surface area contributed by atoms with Crippen molar-refractivity contribution in [3.63, 3.8) is 0 Å². The van der Waals surface area contributed by atoms with Crippen LogP contribution in [0.4, 0.5) is 5.82 Å². The van der Waals surface area contributed by atoms with Gasteiger partial charge in [0, 0.05) is 18.0 Å². The minimum atomic E-state index is -0.0292. The molecule has 0 aromatic carbocycles. The molecule has 2 rings (SSSR count). The fourth-order valence-electron chi connectivity index (χ4n) is 1.70. The molecule has 2 heterocycles. The number of hydrogen-bond donors (Lipinski definition) is 2. The van der Waals surface area contributed by atoms with Crippen molar-refractivity contribution in [1.82, 2.24) is 15.0 Å². The van der Waals surface area contributed by atoms with E-state index >= 15 is 0 Å². The Balaban J connectivity index is 2.20. The van der Waals surface area contributed by atoms with Gasteiger partial charge >= 0.3 is 0 Å². The molecule has 0 aliphatic carbocycles. The van der Waals surface area contributed by atoms with Crippen LogP contribution in [0.3, 0.4) is 0 Å². The summed E-state index contributed by atoms with van der Waals surface area (Å²) in [6.07, 6.45) is 6.83. The third-order valence-corrected chi connectivity index (χ3v) is 2.93. The van der Waals surface area contributed by atoms with E-state index in [1.165, 1.54) is 0 Å². The maximum atomic E-state index is 9.32. The van der Waals surface area contributed by atoms with Gasteiger partial charge in [0.25, 0.3) is 0 Å². The zero-order chi connectivity index (χ0) is 13.7. The van der Waals surface area contributed by atoms with E-state index in [1.54, 1.807) is 24.8 Å². The zero-order valence-electron chi connectivity index (χ0n) is 11.1. The normalized spacial score (nSPS) is 12.4. The molecule has 0 spiro atoms. The summed E-state index contributed by atoms with van der Waals surface area (Å²) in [5, 5.41) is 12.5.